The summed E-state index contributed by atoms with van der Waals surface area (Å²) in [4.78, 5) is 16.0. The topological polar surface area (TPSA) is 66.6 Å². The zero-order valence-electron chi connectivity index (χ0n) is 20.3. The van der Waals surface area contributed by atoms with E-state index >= 15 is 0 Å². The highest BCUT2D eigenvalue weighted by Gasteiger charge is 2.13. The van der Waals surface area contributed by atoms with E-state index in [1.54, 1.807) is 0 Å². The van der Waals surface area contributed by atoms with Gasteiger partial charge in [-0.25, -0.2) is 18.7 Å². The summed E-state index contributed by atoms with van der Waals surface area (Å²) in [5.41, 5.74) is 7.32. The van der Waals surface area contributed by atoms with Crippen molar-refractivity contribution in [3.05, 3.63) is 106 Å². The minimum atomic E-state index is -0.921. The minimum Gasteiger partial charge on any atom is -0.369 e. The van der Waals surface area contributed by atoms with Crippen LogP contribution in [0, 0.1) is 11.6 Å². The zero-order chi connectivity index (χ0) is 25.5. The first-order valence-electron chi connectivity index (χ1n) is 12.0. The molecule has 0 aliphatic carbocycles. The fraction of sp³-hybridized carbons (Fsp3) is 0.103. The summed E-state index contributed by atoms with van der Waals surface area (Å²) in [6.07, 6.45) is 7.15. The van der Waals surface area contributed by atoms with Gasteiger partial charge in [-0.05, 0) is 91.4 Å². The Bertz CT molecular complexity index is 1750. The van der Waals surface area contributed by atoms with Crippen molar-refractivity contribution in [1.29, 1.82) is 0 Å². The Morgan fingerprint density at radius 1 is 0.778 bits per heavy atom. The Hall–Kier alpha value is -4.36. The van der Waals surface area contributed by atoms with Crippen molar-refractivity contribution < 1.29 is 14.9 Å². The molecule has 0 spiro atoms. The molecule has 1 atom stereocenters. The van der Waals surface area contributed by atoms with Gasteiger partial charge in [0, 0.05) is 27.6 Å². The lowest BCUT2D eigenvalue weighted by Crippen LogP contribution is -2.00. The molecule has 1 unspecified atom stereocenters. The molecular formula is C29H22F2N4O. The number of halogens is 2. The molecule has 5 nitrogen and oxygen atoms in total. The second-order valence-corrected chi connectivity index (χ2v) is 8.73. The molecule has 8 bridgehead atoms. The molecule has 178 valence electrons. The van der Waals surface area contributed by atoms with Gasteiger partial charge in [0.2, 0.25) is 0 Å². The van der Waals surface area contributed by atoms with Gasteiger partial charge in [-0.3, -0.25) is 0 Å². The molecule has 2 aliphatic heterocycles. The van der Waals surface area contributed by atoms with Crippen LogP contribution in [0.1, 0.15) is 48.3 Å². The van der Waals surface area contributed by atoms with Crippen molar-refractivity contribution in [1.82, 2.24) is 19.9 Å². The number of aromatic amines is 2. The zero-order valence-corrected chi connectivity index (χ0v) is 19.3. The van der Waals surface area contributed by atoms with Crippen molar-refractivity contribution in [3.63, 3.8) is 0 Å². The molecule has 2 N–H and O–H groups in total. The number of fused-ring (bicyclic) bond motifs is 8. The number of benzene rings is 1. The molecule has 0 radical (unpaired) electrons. The maximum absolute atomic E-state index is 13.6. The highest BCUT2D eigenvalue weighted by molar-refractivity contribution is 5.78. The summed E-state index contributed by atoms with van der Waals surface area (Å²) < 4.78 is 41.9. The molecule has 0 saturated carbocycles. The standard InChI is InChI=1S/C29H22F2N4O/c1-17(36-16-18-2-9-27(30)28(31)10-18)26-14-25-13-23-6-5-21(33-23)11-19-3-4-20(32-19)12-22-7-8-24(34-22)15-29(26)35-25/h2-15,17,32,35H,16H2,1H3/i14D. The Morgan fingerprint density at radius 2 is 1.39 bits per heavy atom. The number of hydrogen-bond donors (Lipinski definition) is 2. The molecule has 4 aromatic rings. The normalized spacial score (nSPS) is 13.7. The molecule has 0 saturated heterocycles. The van der Waals surface area contributed by atoms with Crippen LogP contribution in [0.3, 0.4) is 0 Å². The third-order valence-corrected chi connectivity index (χ3v) is 6.01. The SMILES string of the molecule is [2H]c1c(C(C)OCc2ccc(F)c(F)c2)c2cc3nc(cc4ccc(cc5nc(cc1[nH]2)C=C5)[nH]4)C=C3. The maximum Gasteiger partial charge on any atom is 0.159 e. The van der Waals surface area contributed by atoms with Crippen molar-refractivity contribution in [3.8, 4) is 0 Å². The van der Waals surface area contributed by atoms with Gasteiger partial charge in [-0.1, -0.05) is 6.07 Å². The number of rotatable bonds is 4. The lowest BCUT2D eigenvalue weighted by atomic mass is 10.1. The van der Waals surface area contributed by atoms with Crippen LogP contribution in [0.2, 0.25) is 0 Å². The number of aromatic nitrogens is 4. The van der Waals surface area contributed by atoms with E-state index in [1.807, 2.05) is 67.6 Å². The first-order valence-corrected chi connectivity index (χ1v) is 11.5. The van der Waals surface area contributed by atoms with E-state index in [2.05, 4.69) is 15.0 Å². The molecule has 36 heavy (non-hydrogen) atoms. The van der Waals surface area contributed by atoms with Crippen LogP contribution in [0.4, 0.5) is 8.78 Å². The third-order valence-electron chi connectivity index (χ3n) is 6.01. The molecule has 0 fully saturated rings. The van der Waals surface area contributed by atoms with Crippen LogP contribution in [-0.2, 0) is 11.3 Å². The largest absolute Gasteiger partial charge is 0.369 e. The molecule has 7 heteroatoms. The molecule has 1 aromatic carbocycles. The fourth-order valence-corrected chi connectivity index (χ4v) is 4.22. The average molecular weight is 482 g/mol. The van der Waals surface area contributed by atoms with Crippen molar-refractivity contribution in [2.45, 2.75) is 19.6 Å². The van der Waals surface area contributed by atoms with E-state index in [4.69, 9.17) is 11.1 Å². The van der Waals surface area contributed by atoms with Gasteiger partial charge >= 0.3 is 0 Å². The van der Waals surface area contributed by atoms with E-state index in [0.29, 0.717) is 27.9 Å². The van der Waals surface area contributed by atoms with Gasteiger partial charge in [0.25, 0.3) is 0 Å². The van der Waals surface area contributed by atoms with Gasteiger partial charge in [0.15, 0.2) is 11.6 Å². The summed E-state index contributed by atoms with van der Waals surface area (Å²) in [6, 6.07) is 15.6. The van der Waals surface area contributed by atoms with Crippen LogP contribution in [0.25, 0.3) is 46.4 Å². The number of hydrogen-bond acceptors (Lipinski definition) is 3. The highest BCUT2D eigenvalue weighted by atomic mass is 19.2. The van der Waals surface area contributed by atoms with E-state index in [0.717, 1.165) is 40.2 Å². The van der Waals surface area contributed by atoms with Gasteiger partial charge < -0.3 is 14.7 Å². The summed E-state index contributed by atoms with van der Waals surface area (Å²) >= 11 is 0. The average Bonchev–Trinajstić information content (AvgIpc) is 3.65. The molecule has 6 rings (SSSR count). The second-order valence-electron chi connectivity index (χ2n) is 8.73. The summed E-state index contributed by atoms with van der Waals surface area (Å²) in [7, 11) is 0. The number of nitrogens with one attached hydrogen (secondary N) is 2. The van der Waals surface area contributed by atoms with Crippen LogP contribution >= 0.6 is 0 Å². The van der Waals surface area contributed by atoms with E-state index in [1.165, 1.54) is 6.07 Å². The quantitative estimate of drug-likeness (QED) is 0.280. The molecule has 0 amide bonds. The Morgan fingerprint density at radius 3 is 2.03 bits per heavy atom. The fourth-order valence-electron chi connectivity index (χ4n) is 4.22. The van der Waals surface area contributed by atoms with Crippen molar-refractivity contribution >= 4 is 46.4 Å². The Labute approximate surface area is 207 Å². The summed E-state index contributed by atoms with van der Waals surface area (Å²) in [6.45, 7) is 1.90. The van der Waals surface area contributed by atoms with Crippen LogP contribution in [0.5, 0.6) is 0 Å². The summed E-state index contributed by atoms with van der Waals surface area (Å²) in [5.74, 6) is -1.82. The molecule has 5 heterocycles. The Balaban J connectivity index is 1.48. The monoisotopic (exact) mass is 481 g/mol. The smallest absolute Gasteiger partial charge is 0.159 e. The first kappa shape index (κ1) is 21.0. The lowest BCUT2D eigenvalue weighted by molar-refractivity contribution is 0.0534. The van der Waals surface area contributed by atoms with Crippen LogP contribution in [0.15, 0.2) is 60.6 Å². The van der Waals surface area contributed by atoms with Crippen molar-refractivity contribution in [2.24, 2.45) is 0 Å². The second kappa shape index (κ2) is 9.02. The third kappa shape index (κ3) is 4.61. The van der Waals surface area contributed by atoms with Gasteiger partial charge in [-0.2, -0.15) is 0 Å². The minimum absolute atomic E-state index is 0.0662. The van der Waals surface area contributed by atoms with E-state index < -0.39 is 17.7 Å². The number of ether oxygens (including phenoxy) is 1. The molecule has 3 aromatic heterocycles. The van der Waals surface area contributed by atoms with Crippen molar-refractivity contribution in [2.75, 3.05) is 0 Å². The molecule has 2 aliphatic rings. The van der Waals surface area contributed by atoms with Crippen LogP contribution < -0.4 is 0 Å². The summed E-state index contributed by atoms with van der Waals surface area (Å²) in [5, 5.41) is 0. The lowest BCUT2D eigenvalue weighted by Gasteiger charge is -2.12. The van der Waals surface area contributed by atoms with Gasteiger partial charge in [0.05, 0.1) is 36.9 Å². The van der Waals surface area contributed by atoms with E-state index in [-0.39, 0.29) is 12.6 Å². The predicted octanol–water partition coefficient (Wildman–Crippen LogP) is 7.21. The number of H-pyrrole nitrogens is 2. The Kier molecular flexibility index (Phi) is 5.25. The highest BCUT2D eigenvalue weighted by Crippen LogP contribution is 2.27. The van der Waals surface area contributed by atoms with Crippen LogP contribution in [-0.4, -0.2) is 19.9 Å². The van der Waals surface area contributed by atoms with E-state index in [9.17, 15) is 8.78 Å². The first-order chi connectivity index (χ1) is 17.9. The molecular weight excluding hydrogens is 458 g/mol. The van der Waals surface area contributed by atoms with Gasteiger partial charge in [-0.15, -0.1) is 0 Å². The number of nitrogens with zero attached hydrogens (tertiary/aromatic N) is 2. The maximum atomic E-state index is 13.6. The van der Waals surface area contributed by atoms with Gasteiger partial charge in [0.1, 0.15) is 0 Å². The predicted molar refractivity (Wildman–Crippen MR) is 138 cm³/mol.